The lowest BCUT2D eigenvalue weighted by Gasteiger charge is -1.97. The van der Waals surface area contributed by atoms with Gasteiger partial charge in [0.15, 0.2) is 0 Å². The quantitative estimate of drug-likeness (QED) is 0.344. The van der Waals surface area contributed by atoms with Crippen LogP contribution >= 0.6 is 0 Å². The van der Waals surface area contributed by atoms with Crippen molar-refractivity contribution >= 4 is 17.8 Å². The maximum Gasteiger partial charge on any atom is 0.417 e. The number of carbonyl (C=O) groups excluding carboxylic acids is 1. The fraction of sp³-hybridized carbons (Fsp3) is 0.286. The molecule has 0 saturated heterocycles. The number of carbonyl (C=O) groups is 1. The third kappa shape index (κ3) is 3.40. The van der Waals surface area contributed by atoms with Gasteiger partial charge in [0.05, 0.1) is 5.92 Å². The largest absolute Gasteiger partial charge is 0.453 e. The summed E-state index contributed by atoms with van der Waals surface area (Å²) in [5, 5.41) is 0. The lowest BCUT2D eigenvalue weighted by atomic mass is 10.2. The molecule has 1 fully saturated rings. The Morgan fingerprint density at radius 1 is 1.39 bits per heavy atom. The van der Waals surface area contributed by atoms with Crippen LogP contribution in [0.15, 0.2) is 36.4 Å². The van der Waals surface area contributed by atoms with Crippen LogP contribution in [0.3, 0.4) is 0 Å². The van der Waals surface area contributed by atoms with Crippen LogP contribution < -0.4 is 0 Å². The second kappa shape index (κ2) is 5.94. The van der Waals surface area contributed by atoms with E-state index in [0.717, 1.165) is 18.4 Å². The van der Waals surface area contributed by atoms with Gasteiger partial charge >= 0.3 is 11.7 Å². The molecule has 2 rings (SSSR count). The first-order valence-electron chi connectivity index (χ1n) is 5.92. The Morgan fingerprint density at radius 2 is 2.11 bits per heavy atom. The van der Waals surface area contributed by atoms with Crippen LogP contribution in [0.1, 0.15) is 18.4 Å². The standard InChI is InChI=1S/C14H14N2O2/c15-16-13(12-8-9-12)14(17)18-10-4-7-11-5-2-1-3-6-11/h1-7,12H,8-10H2/b7-4+. The first-order chi connectivity index (χ1) is 8.81. The van der Waals surface area contributed by atoms with Crippen molar-refractivity contribution < 1.29 is 14.3 Å². The second-order valence-corrected chi connectivity index (χ2v) is 4.17. The zero-order chi connectivity index (χ0) is 12.8. The molecule has 0 unspecified atom stereocenters. The number of esters is 1. The summed E-state index contributed by atoms with van der Waals surface area (Å²) < 4.78 is 5.00. The van der Waals surface area contributed by atoms with Crippen molar-refractivity contribution in [2.24, 2.45) is 5.92 Å². The Labute approximate surface area is 106 Å². The molecule has 18 heavy (non-hydrogen) atoms. The smallest absolute Gasteiger partial charge is 0.417 e. The number of ether oxygens (including phenoxy) is 1. The zero-order valence-corrected chi connectivity index (χ0v) is 9.95. The molecule has 92 valence electrons. The maximum absolute atomic E-state index is 11.5. The molecule has 0 amide bonds. The first kappa shape index (κ1) is 12.3. The molecule has 0 atom stereocenters. The molecule has 0 heterocycles. The van der Waals surface area contributed by atoms with E-state index in [1.165, 1.54) is 0 Å². The summed E-state index contributed by atoms with van der Waals surface area (Å²) in [6.45, 7) is 0.180. The Hall–Kier alpha value is -2.19. The van der Waals surface area contributed by atoms with E-state index in [0.29, 0.717) is 0 Å². The number of rotatable bonds is 5. The van der Waals surface area contributed by atoms with Gasteiger partial charge in [0.2, 0.25) is 0 Å². The van der Waals surface area contributed by atoms with Gasteiger partial charge in [-0.2, -0.15) is 4.79 Å². The molecule has 0 spiro atoms. The molecule has 0 aromatic heterocycles. The van der Waals surface area contributed by atoms with E-state index < -0.39 is 5.97 Å². The lowest BCUT2D eigenvalue weighted by molar-refractivity contribution is -0.139. The molecule has 4 heteroatoms. The van der Waals surface area contributed by atoms with Crippen molar-refractivity contribution in [3.8, 4) is 0 Å². The zero-order valence-electron chi connectivity index (χ0n) is 9.95. The molecule has 1 aromatic carbocycles. The predicted molar refractivity (Wildman–Crippen MR) is 67.8 cm³/mol. The van der Waals surface area contributed by atoms with Gasteiger partial charge in [-0.25, -0.2) is 4.79 Å². The molecule has 0 aliphatic heterocycles. The van der Waals surface area contributed by atoms with Crippen LogP contribution in [0.25, 0.3) is 11.6 Å². The van der Waals surface area contributed by atoms with Crippen LogP contribution in [-0.2, 0) is 9.53 Å². The van der Waals surface area contributed by atoms with Crippen molar-refractivity contribution in [3.63, 3.8) is 0 Å². The molecular formula is C14H14N2O2. The maximum atomic E-state index is 11.5. The Morgan fingerprint density at radius 3 is 2.72 bits per heavy atom. The second-order valence-electron chi connectivity index (χ2n) is 4.17. The van der Waals surface area contributed by atoms with Gasteiger partial charge in [-0.05, 0) is 24.5 Å². The van der Waals surface area contributed by atoms with Gasteiger partial charge in [-0.3, -0.25) is 0 Å². The van der Waals surface area contributed by atoms with Gasteiger partial charge in [-0.15, -0.1) is 0 Å². The third-order valence-corrected chi connectivity index (χ3v) is 2.70. The van der Waals surface area contributed by atoms with E-state index in [1.54, 1.807) is 6.08 Å². The van der Waals surface area contributed by atoms with Crippen molar-refractivity contribution in [2.75, 3.05) is 6.61 Å². The molecular weight excluding hydrogens is 228 g/mol. The van der Waals surface area contributed by atoms with E-state index in [4.69, 9.17) is 10.3 Å². The van der Waals surface area contributed by atoms with Crippen LogP contribution in [0.2, 0.25) is 0 Å². The molecule has 1 aromatic rings. The average Bonchev–Trinajstić information content (AvgIpc) is 3.21. The van der Waals surface area contributed by atoms with Gasteiger partial charge in [-0.1, -0.05) is 36.4 Å². The van der Waals surface area contributed by atoms with E-state index in [2.05, 4.69) is 4.79 Å². The SMILES string of the molecule is [N-]=[N+]=C(C(=O)OC/C=C/c1ccccc1)C1CC1. The van der Waals surface area contributed by atoms with E-state index in [1.807, 2.05) is 36.4 Å². The summed E-state index contributed by atoms with van der Waals surface area (Å²) >= 11 is 0. The van der Waals surface area contributed by atoms with Gasteiger partial charge in [0.1, 0.15) is 6.61 Å². The summed E-state index contributed by atoms with van der Waals surface area (Å²) in [6.07, 6.45) is 5.43. The number of nitrogens with zero attached hydrogens (tertiary/aromatic N) is 2. The highest BCUT2D eigenvalue weighted by Gasteiger charge is 2.40. The molecule has 4 nitrogen and oxygen atoms in total. The molecule has 1 saturated carbocycles. The molecule has 0 N–H and O–H groups in total. The molecule has 0 radical (unpaired) electrons. The third-order valence-electron chi connectivity index (χ3n) is 2.70. The Balaban J connectivity index is 1.80. The number of hydrogen-bond acceptors (Lipinski definition) is 2. The monoisotopic (exact) mass is 242 g/mol. The fourth-order valence-corrected chi connectivity index (χ4v) is 1.59. The molecule has 1 aliphatic rings. The predicted octanol–water partition coefficient (Wildman–Crippen LogP) is 2.32. The molecule has 1 aliphatic carbocycles. The van der Waals surface area contributed by atoms with E-state index in [-0.39, 0.29) is 18.2 Å². The van der Waals surface area contributed by atoms with Crippen molar-refractivity contribution in [2.45, 2.75) is 12.8 Å². The number of benzene rings is 1. The first-order valence-corrected chi connectivity index (χ1v) is 5.92. The minimum atomic E-state index is -0.530. The summed E-state index contributed by atoms with van der Waals surface area (Å²) in [4.78, 5) is 14.5. The Bertz CT molecular complexity index is 498. The Kier molecular flexibility index (Phi) is 4.05. The fourth-order valence-electron chi connectivity index (χ4n) is 1.59. The average molecular weight is 242 g/mol. The van der Waals surface area contributed by atoms with Crippen molar-refractivity contribution in [3.05, 3.63) is 47.5 Å². The van der Waals surface area contributed by atoms with Crippen molar-refractivity contribution in [1.29, 1.82) is 0 Å². The highest BCUT2D eigenvalue weighted by atomic mass is 16.5. The van der Waals surface area contributed by atoms with Crippen LogP contribution in [0.5, 0.6) is 0 Å². The summed E-state index contributed by atoms with van der Waals surface area (Å²) in [5.41, 5.74) is 9.90. The van der Waals surface area contributed by atoms with Gasteiger partial charge < -0.3 is 10.3 Å². The van der Waals surface area contributed by atoms with E-state index >= 15 is 0 Å². The lowest BCUT2D eigenvalue weighted by Crippen LogP contribution is -2.20. The van der Waals surface area contributed by atoms with Crippen molar-refractivity contribution in [1.82, 2.24) is 0 Å². The minimum Gasteiger partial charge on any atom is -0.453 e. The topological polar surface area (TPSA) is 62.7 Å². The highest BCUT2D eigenvalue weighted by molar-refractivity contribution is 6.35. The summed E-state index contributed by atoms with van der Waals surface area (Å²) in [5.74, 6) is -0.446. The van der Waals surface area contributed by atoms with Crippen LogP contribution in [0, 0.1) is 5.92 Å². The van der Waals surface area contributed by atoms with Gasteiger partial charge in [0.25, 0.3) is 0 Å². The normalized spacial score (nSPS) is 14.2. The van der Waals surface area contributed by atoms with Gasteiger partial charge in [0, 0.05) is 0 Å². The van der Waals surface area contributed by atoms with Crippen LogP contribution in [0.4, 0.5) is 0 Å². The molecule has 0 bridgehead atoms. The summed E-state index contributed by atoms with van der Waals surface area (Å²) in [6, 6.07) is 9.74. The highest BCUT2D eigenvalue weighted by Crippen LogP contribution is 2.30. The minimum absolute atomic E-state index is 0.0839. The van der Waals surface area contributed by atoms with Crippen LogP contribution in [-0.4, -0.2) is 23.1 Å². The summed E-state index contributed by atoms with van der Waals surface area (Å²) in [7, 11) is 0. The van der Waals surface area contributed by atoms with E-state index in [9.17, 15) is 4.79 Å². The number of hydrogen-bond donors (Lipinski definition) is 0.